The highest BCUT2D eigenvalue weighted by Gasteiger charge is 2.56. The molecule has 0 radical (unpaired) electrons. The van der Waals surface area contributed by atoms with Crippen LogP contribution in [0.4, 0.5) is 0 Å². The summed E-state index contributed by atoms with van der Waals surface area (Å²) in [5.74, 6) is 0.127. The molecule has 4 N–H and O–H groups in total. The molecule has 2 saturated carbocycles. The second-order valence-corrected chi connectivity index (χ2v) is 9.08. The molecule has 2 bridgehead atoms. The zero-order chi connectivity index (χ0) is 18.0. The number of hydrogen-bond acceptors (Lipinski definition) is 4. The largest absolute Gasteiger partial charge is 0.389 e. The molecule has 4 heteroatoms. The maximum atomic E-state index is 11.1. The Labute approximate surface area is 144 Å². The van der Waals surface area contributed by atoms with Crippen LogP contribution in [0.1, 0.15) is 53.4 Å². The Morgan fingerprint density at radius 2 is 1.62 bits per heavy atom. The van der Waals surface area contributed by atoms with E-state index in [1.165, 1.54) is 0 Å². The molecule has 3 aliphatic rings. The SMILES string of the molecule is C=C1C(O)CCC2(C)C1CC1CC(O)C(C)=C(C(O)C2O)C1(C)C. The van der Waals surface area contributed by atoms with Gasteiger partial charge in [0.1, 0.15) is 6.10 Å². The predicted molar refractivity (Wildman–Crippen MR) is 93.2 cm³/mol. The van der Waals surface area contributed by atoms with Crippen LogP contribution in [-0.4, -0.2) is 44.8 Å². The summed E-state index contributed by atoms with van der Waals surface area (Å²) in [4.78, 5) is 0. The Hall–Kier alpha value is -0.680. The zero-order valence-electron chi connectivity index (χ0n) is 15.3. The van der Waals surface area contributed by atoms with Crippen molar-refractivity contribution in [2.45, 2.75) is 77.8 Å². The lowest BCUT2D eigenvalue weighted by Gasteiger charge is -2.56. The van der Waals surface area contributed by atoms with Crippen LogP contribution in [0.15, 0.2) is 23.3 Å². The van der Waals surface area contributed by atoms with Gasteiger partial charge in [-0.25, -0.2) is 0 Å². The summed E-state index contributed by atoms with van der Waals surface area (Å²) >= 11 is 0. The third-order valence-corrected chi connectivity index (χ3v) is 7.57. The molecule has 0 aromatic carbocycles. The highest BCUT2D eigenvalue weighted by Crippen LogP contribution is 2.58. The number of aliphatic hydroxyl groups is 4. The van der Waals surface area contributed by atoms with Crippen LogP contribution in [0.25, 0.3) is 0 Å². The first-order valence-corrected chi connectivity index (χ1v) is 9.14. The highest BCUT2D eigenvalue weighted by molar-refractivity contribution is 5.34. The molecule has 0 heterocycles. The Morgan fingerprint density at radius 3 is 2.25 bits per heavy atom. The van der Waals surface area contributed by atoms with Crippen LogP contribution in [0, 0.1) is 22.7 Å². The van der Waals surface area contributed by atoms with Gasteiger partial charge in [0.05, 0.1) is 18.3 Å². The second-order valence-electron chi connectivity index (χ2n) is 9.08. The topological polar surface area (TPSA) is 80.9 Å². The molecule has 0 aliphatic heterocycles. The minimum Gasteiger partial charge on any atom is -0.389 e. The molecular formula is C20H32O4. The van der Waals surface area contributed by atoms with Crippen LogP contribution >= 0.6 is 0 Å². The molecule has 4 nitrogen and oxygen atoms in total. The molecule has 0 amide bonds. The van der Waals surface area contributed by atoms with E-state index >= 15 is 0 Å². The number of rotatable bonds is 0. The molecule has 3 aliphatic carbocycles. The van der Waals surface area contributed by atoms with Crippen molar-refractivity contribution >= 4 is 0 Å². The van der Waals surface area contributed by atoms with Crippen molar-refractivity contribution in [2.24, 2.45) is 22.7 Å². The second kappa shape index (κ2) is 5.66. The average molecular weight is 336 g/mol. The van der Waals surface area contributed by atoms with Gasteiger partial charge in [-0.2, -0.15) is 0 Å². The standard InChI is InChI=1S/C20H32O4/c1-10-13-8-12-9-15(22)11(2)16(19(12,3)4)17(23)18(24)20(13,5)7-6-14(10)21/h12-15,17-18,21-24H,1,6-9H2,2-5H3. The summed E-state index contributed by atoms with van der Waals surface area (Å²) < 4.78 is 0. The van der Waals surface area contributed by atoms with Crippen molar-refractivity contribution in [1.29, 1.82) is 0 Å². The van der Waals surface area contributed by atoms with Gasteiger partial charge < -0.3 is 20.4 Å². The van der Waals surface area contributed by atoms with Crippen LogP contribution in [0.2, 0.25) is 0 Å². The Kier molecular flexibility index (Phi) is 4.28. The van der Waals surface area contributed by atoms with E-state index in [1.807, 2.05) is 13.8 Å². The molecular weight excluding hydrogens is 304 g/mol. The fourth-order valence-corrected chi connectivity index (χ4v) is 5.69. The fourth-order valence-electron chi connectivity index (χ4n) is 5.69. The highest BCUT2D eigenvalue weighted by atomic mass is 16.3. The van der Waals surface area contributed by atoms with E-state index in [9.17, 15) is 20.4 Å². The monoisotopic (exact) mass is 336 g/mol. The quantitative estimate of drug-likeness (QED) is 0.511. The van der Waals surface area contributed by atoms with Crippen LogP contribution in [0.3, 0.4) is 0 Å². The van der Waals surface area contributed by atoms with Gasteiger partial charge >= 0.3 is 0 Å². The Balaban J connectivity index is 2.15. The van der Waals surface area contributed by atoms with E-state index in [-0.39, 0.29) is 17.3 Å². The van der Waals surface area contributed by atoms with Gasteiger partial charge in [0.2, 0.25) is 0 Å². The van der Waals surface area contributed by atoms with Gasteiger partial charge in [0.15, 0.2) is 0 Å². The molecule has 24 heavy (non-hydrogen) atoms. The normalized spacial score (nSPS) is 48.6. The Bertz CT molecular complexity index is 578. The molecule has 136 valence electrons. The van der Waals surface area contributed by atoms with E-state index in [0.29, 0.717) is 19.3 Å². The van der Waals surface area contributed by atoms with E-state index in [1.54, 1.807) is 0 Å². The first-order chi connectivity index (χ1) is 11.0. The first-order valence-electron chi connectivity index (χ1n) is 9.14. The zero-order valence-corrected chi connectivity index (χ0v) is 15.3. The maximum absolute atomic E-state index is 11.1. The molecule has 7 unspecified atom stereocenters. The van der Waals surface area contributed by atoms with E-state index in [4.69, 9.17) is 0 Å². The first kappa shape index (κ1) is 18.1. The summed E-state index contributed by atoms with van der Waals surface area (Å²) in [6.07, 6.45) is -0.373. The predicted octanol–water partition coefficient (Wildman–Crippen LogP) is 2.17. The van der Waals surface area contributed by atoms with Crippen molar-refractivity contribution in [3.63, 3.8) is 0 Å². The average Bonchev–Trinajstić information content (AvgIpc) is 2.51. The maximum Gasteiger partial charge on any atom is 0.102 e. The lowest BCUT2D eigenvalue weighted by Crippen LogP contribution is -2.57. The number of hydrogen-bond donors (Lipinski definition) is 4. The molecule has 2 fully saturated rings. The fraction of sp³-hybridized carbons (Fsp3) is 0.800. The summed E-state index contributed by atoms with van der Waals surface area (Å²) in [7, 11) is 0. The van der Waals surface area contributed by atoms with Gasteiger partial charge in [-0.05, 0) is 66.6 Å². The molecule has 3 rings (SSSR count). The van der Waals surface area contributed by atoms with Gasteiger partial charge in [-0.15, -0.1) is 0 Å². The Morgan fingerprint density at radius 1 is 1.00 bits per heavy atom. The lowest BCUT2D eigenvalue weighted by atomic mass is 9.50. The van der Waals surface area contributed by atoms with Crippen LogP contribution < -0.4 is 0 Å². The van der Waals surface area contributed by atoms with E-state index in [0.717, 1.165) is 23.1 Å². The third kappa shape index (κ3) is 2.34. The minimum absolute atomic E-state index is 0.0534. The van der Waals surface area contributed by atoms with Gasteiger partial charge in [-0.1, -0.05) is 27.4 Å². The van der Waals surface area contributed by atoms with Crippen molar-refractivity contribution in [3.05, 3.63) is 23.3 Å². The summed E-state index contributed by atoms with van der Waals surface area (Å²) in [6.45, 7) is 12.2. The lowest BCUT2D eigenvalue weighted by molar-refractivity contribution is -0.115. The number of aliphatic hydroxyl groups excluding tert-OH is 4. The molecule has 0 aromatic heterocycles. The van der Waals surface area contributed by atoms with Crippen molar-refractivity contribution in [1.82, 2.24) is 0 Å². The summed E-state index contributed by atoms with van der Waals surface area (Å²) in [5.41, 5.74) is 1.58. The summed E-state index contributed by atoms with van der Waals surface area (Å²) in [6, 6.07) is 0. The summed E-state index contributed by atoms with van der Waals surface area (Å²) in [5, 5.41) is 42.9. The van der Waals surface area contributed by atoms with Crippen LogP contribution in [-0.2, 0) is 0 Å². The molecule has 0 saturated heterocycles. The molecule has 0 aromatic rings. The van der Waals surface area contributed by atoms with Crippen LogP contribution in [0.5, 0.6) is 0 Å². The third-order valence-electron chi connectivity index (χ3n) is 7.57. The van der Waals surface area contributed by atoms with Crippen molar-refractivity contribution < 1.29 is 20.4 Å². The van der Waals surface area contributed by atoms with Crippen molar-refractivity contribution in [3.8, 4) is 0 Å². The smallest absolute Gasteiger partial charge is 0.102 e. The molecule has 7 atom stereocenters. The van der Waals surface area contributed by atoms with Gasteiger partial charge in [-0.3, -0.25) is 0 Å². The molecule has 0 spiro atoms. The van der Waals surface area contributed by atoms with Crippen molar-refractivity contribution in [2.75, 3.05) is 0 Å². The van der Waals surface area contributed by atoms with E-state index in [2.05, 4.69) is 20.4 Å². The van der Waals surface area contributed by atoms with Gasteiger partial charge in [0.25, 0.3) is 0 Å². The number of fused-ring (bicyclic) bond motifs is 3. The van der Waals surface area contributed by atoms with E-state index < -0.39 is 29.8 Å². The van der Waals surface area contributed by atoms with Gasteiger partial charge in [0, 0.05) is 5.41 Å². The minimum atomic E-state index is -0.992.